The summed E-state index contributed by atoms with van der Waals surface area (Å²) >= 11 is 0. The Labute approximate surface area is 96.8 Å². The normalized spacial score (nSPS) is 11.8. The summed E-state index contributed by atoms with van der Waals surface area (Å²) in [5.74, 6) is 0.797. The van der Waals surface area contributed by atoms with Gasteiger partial charge < -0.3 is 19.0 Å². The first-order chi connectivity index (χ1) is 7.49. The molecule has 0 fully saturated rings. The van der Waals surface area contributed by atoms with Gasteiger partial charge in [-0.25, -0.2) is 0 Å². The lowest BCUT2D eigenvalue weighted by atomic mass is 9.96. The summed E-state index contributed by atoms with van der Waals surface area (Å²) in [6.07, 6.45) is 0. The summed E-state index contributed by atoms with van der Waals surface area (Å²) in [6, 6.07) is 9.48. The highest BCUT2D eigenvalue weighted by atomic mass is 31.2. The molecule has 1 aromatic rings. The van der Waals surface area contributed by atoms with Crippen LogP contribution in [0.1, 0.15) is 13.8 Å². The first-order valence-electron chi connectivity index (χ1n) is 4.98. The van der Waals surface area contributed by atoms with E-state index >= 15 is 0 Å². The van der Waals surface area contributed by atoms with Crippen LogP contribution in [0, 0.1) is 5.41 Å². The maximum absolute atomic E-state index is 8.66. The highest BCUT2D eigenvalue weighted by Gasteiger charge is 2.21. The zero-order valence-electron chi connectivity index (χ0n) is 9.46. The fourth-order valence-electron chi connectivity index (χ4n) is 1.07. The van der Waals surface area contributed by atoms with E-state index in [-0.39, 0.29) is 12.0 Å². The van der Waals surface area contributed by atoms with Crippen LogP contribution in [0.4, 0.5) is 0 Å². The van der Waals surface area contributed by atoms with Gasteiger partial charge in [0.05, 0.1) is 13.2 Å². The van der Waals surface area contributed by atoms with Gasteiger partial charge in [0.2, 0.25) is 0 Å². The zero-order valence-corrected chi connectivity index (χ0v) is 10.4. The number of benzene rings is 1. The molecule has 0 saturated carbocycles. The van der Waals surface area contributed by atoms with Gasteiger partial charge in [-0.2, -0.15) is 0 Å². The third-order valence-electron chi connectivity index (χ3n) is 1.94. The SMILES string of the molecule is CC(C)(COc1ccccc1)COP(O)O. The third-order valence-corrected chi connectivity index (χ3v) is 2.30. The minimum absolute atomic E-state index is 0.249. The molecular weight excluding hydrogens is 227 g/mol. The standard InChI is InChI=1S/C11H17O4P/c1-11(2,9-15-16(12)13)8-14-10-6-4-3-5-7-10/h3-7,12-13H,8-9H2,1-2H3. The molecule has 0 spiro atoms. The lowest BCUT2D eigenvalue weighted by molar-refractivity contribution is 0.101. The molecule has 0 atom stereocenters. The molecule has 0 radical (unpaired) electrons. The second kappa shape index (κ2) is 6.16. The van der Waals surface area contributed by atoms with Crippen LogP contribution in [-0.2, 0) is 4.52 Å². The number of rotatable bonds is 6. The topological polar surface area (TPSA) is 58.9 Å². The van der Waals surface area contributed by atoms with Gasteiger partial charge in [-0.3, -0.25) is 0 Å². The summed E-state index contributed by atoms with van der Waals surface area (Å²) in [4.78, 5) is 17.3. The Morgan fingerprint density at radius 1 is 1.12 bits per heavy atom. The van der Waals surface area contributed by atoms with Crippen LogP contribution in [-0.4, -0.2) is 23.0 Å². The Hall–Kier alpha value is -0.670. The van der Waals surface area contributed by atoms with E-state index in [1.54, 1.807) is 0 Å². The van der Waals surface area contributed by atoms with E-state index in [0.29, 0.717) is 6.61 Å². The van der Waals surface area contributed by atoms with Crippen LogP contribution < -0.4 is 4.74 Å². The lowest BCUT2D eigenvalue weighted by Crippen LogP contribution is -2.26. The second-order valence-electron chi connectivity index (χ2n) is 4.29. The van der Waals surface area contributed by atoms with Gasteiger partial charge in [0.15, 0.2) is 0 Å². The van der Waals surface area contributed by atoms with Crippen LogP contribution in [0.2, 0.25) is 0 Å². The molecule has 0 aliphatic carbocycles. The highest BCUT2D eigenvalue weighted by Crippen LogP contribution is 2.29. The van der Waals surface area contributed by atoms with Crippen LogP contribution in [0.25, 0.3) is 0 Å². The number of hydrogen-bond donors (Lipinski definition) is 2. The van der Waals surface area contributed by atoms with E-state index in [1.165, 1.54) is 0 Å². The molecule has 0 amide bonds. The summed E-state index contributed by atoms with van der Waals surface area (Å²) < 4.78 is 10.4. The quantitative estimate of drug-likeness (QED) is 0.754. The van der Waals surface area contributed by atoms with E-state index < -0.39 is 8.60 Å². The molecular formula is C11H17O4P. The predicted molar refractivity (Wildman–Crippen MR) is 63.0 cm³/mol. The van der Waals surface area contributed by atoms with Crippen molar-refractivity contribution in [3.63, 3.8) is 0 Å². The number of para-hydroxylation sites is 1. The van der Waals surface area contributed by atoms with Crippen molar-refractivity contribution < 1.29 is 19.0 Å². The Bertz CT molecular complexity index is 300. The largest absolute Gasteiger partial charge is 0.493 e. The second-order valence-corrected chi connectivity index (χ2v) is 5.06. The molecule has 0 bridgehead atoms. The summed E-state index contributed by atoms with van der Waals surface area (Å²) in [5.41, 5.74) is -0.262. The molecule has 0 aliphatic heterocycles. The maximum atomic E-state index is 8.66. The maximum Gasteiger partial charge on any atom is 0.327 e. The monoisotopic (exact) mass is 244 g/mol. The predicted octanol–water partition coefficient (Wildman–Crippen LogP) is 2.32. The van der Waals surface area contributed by atoms with Crippen molar-refractivity contribution in [1.29, 1.82) is 0 Å². The van der Waals surface area contributed by atoms with Crippen LogP contribution in [0.15, 0.2) is 30.3 Å². The van der Waals surface area contributed by atoms with E-state index in [0.717, 1.165) is 5.75 Å². The first kappa shape index (κ1) is 13.4. The Morgan fingerprint density at radius 2 is 1.75 bits per heavy atom. The van der Waals surface area contributed by atoms with E-state index in [9.17, 15) is 0 Å². The Kier molecular flexibility index (Phi) is 5.16. The first-order valence-corrected chi connectivity index (χ1v) is 6.15. The third kappa shape index (κ3) is 5.42. The van der Waals surface area contributed by atoms with Gasteiger partial charge in [-0.15, -0.1) is 0 Å². The lowest BCUT2D eigenvalue weighted by Gasteiger charge is -2.24. The van der Waals surface area contributed by atoms with Gasteiger partial charge in [0.25, 0.3) is 0 Å². The summed E-state index contributed by atoms with van der Waals surface area (Å²) in [7, 11) is -2.29. The van der Waals surface area contributed by atoms with E-state index in [4.69, 9.17) is 19.0 Å². The summed E-state index contributed by atoms with van der Waals surface area (Å²) in [5, 5.41) is 0. The molecule has 16 heavy (non-hydrogen) atoms. The highest BCUT2D eigenvalue weighted by molar-refractivity contribution is 7.39. The molecule has 2 N–H and O–H groups in total. The van der Waals surface area contributed by atoms with Crippen molar-refractivity contribution in [3.8, 4) is 5.75 Å². The van der Waals surface area contributed by atoms with Crippen LogP contribution in [0.5, 0.6) is 5.75 Å². The molecule has 90 valence electrons. The smallest absolute Gasteiger partial charge is 0.327 e. The molecule has 0 saturated heterocycles. The molecule has 0 unspecified atom stereocenters. The fourth-order valence-corrected chi connectivity index (χ4v) is 1.53. The summed E-state index contributed by atoms with van der Waals surface area (Å²) in [6.45, 7) is 4.59. The van der Waals surface area contributed by atoms with Crippen molar-refractivity contribution in [2.75, 3.05) is 13.2 Å². The van der Waals surface area contributed by atoms with Crippen molar-refractivity contribution in [1.82, 2.24) is 0 Å². The van der Waals surface area contributed by atoms with Crippen LogP contribution in [0.3, 0.4) is 0 Å². The molecule has 0 heterocycles. The molecule has 1 rings (SSSR count). The minimum atomic E-state index is -2.29. The van der Waals surface area contributed by atoms with Gasteiger partial charge >= 0.3 is 8.60 Å². The van der Waals surface area contributed by atoms with Crippen molar-refractivity contribution >= 4 is 8.60 Å². The van der Waals surface area contributed by atoms with Gasteiger partial charge in [-0.05, 0) is 12.1 Å². The minimum Gasteiger partial charge on any atom is -0.493 e. The van der Waals surface area contributed by atoms with Crippen molar-refractivity contribution in [3.05, 3.63) is 30.3 Å². The number of hydrogen-bond acceptors (Lipinski definition) is 4. The number of ether oxygens (including phenoxy) is 1. The molecule has 0 aromatic heterocycles. The van der Waals surface area contributed by atoms with E-state index in [2.05, 4.69) is 0 Å². The Morgan fingerprint density at radius 3 is 2.31 bits per heavy atom. The molecule has 0 aliphatic rings. The molecule has 5 heteroatoms. The average molecular weight is 244 g/mol. The van der Waals surface area contributed by atoms with Gasteiger partial charge in [-0.1, -0.05) is 32.0 Å². The Balaban J connectivity index is 2.36. The van der Waals surface area contributed by atoms with E-state index in [1.807, 2.05) is 44.2 Å². The molecule has 1 aromatic carbocycles. The van der Waals surface area contributed by atoms with Crippen molar-refractivity contribution in [2.45, 2.75) is 13.8 Å². The molecule has 4 nitrogen and oxygen atoms in total. The van der Waals surface area contributed by atoms with Crippen molar-refractivity contribution in [2.24, 2.45) is 5.41 Å². The zero-order chi connectivity index (χ0) is 12.0. The van der Waals surface area contributed by atoms with Gasteiger partial charge in [0, 0.05) is 5.41 Å². The average Bonchev–Trinajstić information content (AvgIpc) is 2.26. The van der Waals surface area contributed by atoms with Gasteiger partial charge in [0.1, 0.15) is 5.75 Å². The fraction of sp³-hybridized carbons (Fsp3) is 0.455. The van der Waals surface area contributed by atoms with Crippen LogP contribution >= 0.6 is 8.60 Å².